The van der Waals surface area contributed by atoms with Gasteiger partial charge in [0.25, 0.3) is 6.43 Å². The summed E-state index contributed by atoms with van der Waals surface area (Å²) < 4.78 is 65.2. The van der Waals surface area contributed by atoms with Gasteiger partial charge in [0.1, 0.15) is 3.70 Å². The Morgan fingerprint density at radius 3 is 2.50 bits per heavy atom. The van der Waals surface area contributed by atoms with Crippen LogP contribution in [0.15, 0.2) is 6.20 Å². The molecule has 0 amide bonds. The molecule has 0 aliphatic heterocycles. The Bertz CT molecular complexity index is 483. The number of nitriles is 1. The molecular formula is C9H4F5IN2O. The molecule has 0 aliphatic carbocycles. The molecule has 0 saturated heterocycles. The van der Waals surface area contributed by atoms with Crippen LogP contribution in [0, 0.1) is 15.0 Å². The van der Waals surface area contributed by atoms with Crippen LogP contribution in [0.4, 0.5) is 22.0 Å². The zero-order valence-corrected chi connectivity index (χ0v) is 10.6. The molecule has 98 valence electrons. The molecule has 0 bridgehead atoms. The zero-order valence-electron chi connectivity index (χ0n) is 8.43. The summed E-state index contributed by atoms with van der Waals surface area (Å²) in [7, 11) is 0. The van der Waals surface area contributed by atoms with Gasteiger partial charge in [-0.1, -0.05) is 0 Å². The molecule has 0 unspecified atom stereocenters. The molecule has 9 heteroatoms. The summed E-state index contributed by atoms with van der Waals surface area (Å²) in [5.41, 5.74) is -1.21. The molecule has 0 atom stereocenters. The fourth-order valence-corrected chi connectivity index (χ4v) is 1.84. The lowest BCUT2D eigenvalue weighted by atomic mass is 10.1. The highest BCUT2D eigenvalue weighted by Gasteiger charge is 2.34. The molecule has 3 nitrogen and oxygen atoms in total. The van der Waals surface area contributed by atoms with E-state index in [9.17, 15) is 22.0 Å². The van der Waals surface area contributed by atoms with E-state index in [4.69, 9.17) is 5.26 Å². The Morgan fingerprint density at radius 2 is 2.06 bits per heavy atom. The number of aromatic nitrogens is 1. The summed E-state index contributed by atoms with van der Waals surface area (Å²) in [6.07, 6.45) is -8.19. The van der Waals surface area contributed by atoms with E-state index in [1.54, 1.807) is 28.7 Å². The van der Waals surface area contributed by atoms with Crippen molar-refractivity contribution in [1.29, 1.82) is 5.26 Å². The zero-order chi connectivity index (χ0) is 13.9. The van der Waals surface area contributed by atoms with Gasteiger partial charge < -0.3 is 4.74 Å². The molecular weight excluding hydrogens is 374 g/mol. The molecule has 1 heterocycles. The third-order valence-electron chi connectivity index (χ3n) is 1.83. The van der Waals surface area contributed by atoms with Gasteiger partial charge in [-0.3, -0.25) is 0 Å². The predicted molar refractivity (Wildman–Crippen MR) is 57.9 cm³/mol. The van der Waals surface area contributed by atoms with Crippen LogP contribution in [0.1, 0.15) is 17.6 Å². The molecule has 0 aromatic carbocycles. The summed E-state index contributed by atoms with van der Waals surface area (Å²) in [4.78, 5) is 3.50. The lowest BCUT2D eigenvalue weighted by Crippen LogP contribution is -2.19. The molecule has 1 rings (SSSR count). The molecule has 1 aromatic rings. The Kier molecular flexibility index (Phi) is 4.66. The molecule has 0 radical (unpaired) electrons. The number of pyridine rings is 1. The number of halogens is 6. The van der Waals surface area contributed by atoms with E-state index < -0.39 is 30.5 Å². The van der Waals surface area contributed by atoms with E-state index in [-0.39, 0.29) is 9.26 Å². The maximum absolute atomic E-state index is 12.8. The van der Waals surface area contributed by atoms with Crippen molar-refractivity contribution in [2.24, 2.45) is 0 Å². The first-order valence-electron chi connectivity index (χ1n) is 4.34. The number of nitrogens with zero attached hydrogens (tertiary/aromatic N) is 2. The average Bonchev–Trinajstić information content (AvgIpc) is 2.20. The molecule has 18 heavy (non-hydrogen) atoms. The van der Waals surface area contributed by atoms with E-state index in [0.717, 1.165) is 0 Å². The third kappa shape index (κ3) is 3.66. The van der Waals surface area contributed by atoms with Gasteiger partial charge >= 0.3 is 6.36 Å². The highest BCUT2D eigenvalue weighted by molar-refractivity contribution is 14.1. The van der Waals surface area contributed by atoms with Gasteiger partial charge in [0.05, 0.1) is 24.3 Å². The van der Waals surface area contributed by atoms with Crippen LogP contribution < -0.4 is 4.74 Å². The van der Waals surface area contributed by atoms with Gasteiger partial charge in [0.15, 0.2) is 5.75 Å². The molecule has 0 spiro atoms. The number of alkyl halides is 5. The number of hydrogen-bond acceptors (Lipinski definition) is 3. The van der Waals surface area contributed by atoms with Crippen LogP contribution in [-0.4, -0.2) is 11.3 Å². The van der Waals surface area contributed by atoms with Crippen LogP contribution >= 0.6 is 22.6 Å². The summed E-state index contributed by atoms with van der Waals surface area (Å²) in [5, 5.41) is 8.48. The van der Waals surface area contributed by atoms with Gasteiger partial charge in [-0.05, 0) is 22.6 Å². The van der Waals surface area contributed by atoms with Crippen molar-refractivity contribution in [3.05, 3.63) is 21.0 Å². The monoisotopic (exact) mass is 378 g/mol. The minimum atomic E-state index is -5.10. The van der Waals surface area contributed by atoms with Gasteiger partial charge in [-0.2, -0.15) is 5.26 Å². The Labute approximate surface area is 112 Å². The van der Waals surface area contributed by atoms with Crippen molar-refractivity contribution in [3.8, 4) is 11.8 Å². The van der Waals surface area contributed by atoms with Gasteiger partial charge in [0, 0.05) is 5.56 Å². The van der Waals surface area contributed by atoms with Gasteiger partial charge in [0.2, 0.25) is 0 Å². The van der Waals surface area contributed by atoms with Crippen LogP contribution in [0.3, 0.4) is 0 Å². The van der Waals surface area contributed by atoms with Crippen molar-refractivity contribution in [1.82, 2.24) is 4.98 Å². The van der Waals surface area contributed by atoms with Crippen molar-refractivity contribution in [3.63, 3.8) is 0 Å². The third-order valence-corrected chi connectivity index (χ3v) is 2.76. The predicted octanol–water partition coefficient (Wildman–Crippen LogP) is 3.59. The van der Waals surface area contributed by atoms with Crippen LogP contribution in [0.25, 0.3) is 0 Å². The second kappa shape index (κ2) is 5.64. The minimum absolute atomic E-state index is 0.0407. The fourth-order valence-electron chi connectivity index (χ4n) is 1.22. The topological polar surface area (TPSA) is 45.9 Å². The molecule has 1 aromatic heterocycles. The SMILES string of the molecule is N#CCc1c(I)ncc(OC(F)(F)F)c1C(F)F. The number of hydrogen-bond donors (Lipinski definition) is 0. The summed E-state index contributed by atoms with van der Waals surface area (Å²) in [5.74, 6) is -1.08. The maximum atomic E-state index is 12.8. The van der Waals surface area contributed by atoms with Crippen molar-refractivity contribution < 1.29 is 26.7 Å². The van der Waals surface area contributed by atoms with Crippen LogP contribution in [0.5, 0.6) is 5.75 Å². The van der Waals surface area contributed by atoms with Crippen molar-refractivity contribution >= 4 is 22.6 Å². The first kappa shape index (κ1) is 14.9. The maximum Gasteiger partial charge on any atom is 0.573 e. The van der Waals surface area contributed by atoms with E-state index in [1.165, 1.54) is 0 Å². The molecule has 0 N–H and O–H groups in total. The van der Waals surface area contributed by atoms with Crippen LogP contribution in [0.2, 0.25) is 0 Å². The van der Waals surface area contributed by atoms with E-state index in [0.29, 0.717) is 6.20 Å². The standard InChI is InChI=1S/C9H4F5IN2O/c10-7(11)6-4(1-2-16)8(15)17-3-5(6)18-9(12,13)14/h3,7H,1H2. The second-order valence-electron chi connectivity index (χ2n) is 2.99. The Balaban J connectivity index is 3.35. The fraction of sp³-hybridized carbons (Fsp3) is 0.333. The number of ether oxygens (including phenoxy) is 1. The molecule has 0 fully saturated rings. The average molecular weight is 378 g/mol. The van der Waals surface area contributed by atoms with Crippen LogP contribution in [-0.2, 0) is 6.42 Å². The van der Waals surface area contributed by atoms with Crippen molar-refractivity contribution in [2.75, 3.05) is 0 Å². The van der Waals surface area contributed by atoms with Crippen molar-refractivity contribution in [2.45, 2.75) is 19.2 Å². The van der Waals surface area contributed by atoms with Gasteiger partial charge in [-0.15, -0.1) is 13.2 Å². The number of rotatable bonds is 3. The van der Waals surface area contributed by atoms with Gasteiger partial charge in [-0.25, -0.2) is 13.8 Å². The first-order valence-corrected chi connectivity index (χ1v) is 5.42. The lowest BCUT2D eigenvalue weighted by Gasteiger charge is -2.15. The second-order valence-corrected chi connectivity index (χ2v) is 4.01. The first-order chi connectivity index (χ1) is 8.26. The largest absolute Gasteiger partial charge is 0.573 e. The smallest absolute Gasteiger partial charge is 0.404 e. The lowest BCUT2D eigenvalue weighted by molar-refractivity contribution is -0.275. The quantitative estimate of drug-likeness (QED) is 0.459. The Morgan fingerprint density at radius 1 is 1.44 bits per heavy atom. The summed E-state index contributed by atoms with van der Waals surface area (Å²) in [6.45, 7) is 0. The van der Waals surface area contributed by atoms with E-state index >= 15 is 0 Å². The minimum Gasteiger partial charge on any atom is -0.404 e. The summed E-state index contributed by atoms with van der Waals surface area (Å²) >= 11 is 1.56. The molecule has 0 aliphatic rings. The highest BCUT2D eigenvalue weighted by atomic mass is 127. The van der Waals surface area contributed by atoms with E-state index in [1.807, 2.05) is 0 Å². The normalized spacial score (nSPS) is 11.4. The van der Waals surface area contributed by atoms with E-state index in [2.05, 4.69) is 9.72 Å². The highest BCUT2D eigenvalue weighted by Crippen LogP contribution is 2.36. The molecule has 0 saturated carbocycles. The summed E-state index contributed by atoms with van der Waals surface area (Å²) in [6, 6.07) is 1.60. The Hall–Kier alpha value is -1.18.